The molecule has 2 atom stereocenters. The zero-order valence-corrected chi connectivity index (χ0v) is 13.1. The van der Waals surface area contributed by atoms with Crippen LogP contribution < -0.4 is 16.4 Å². The van der Waals surface area contributed by atoms with Crippen LogP contribution in [-0.2, 0) is 9.59 Å². The van der Waals surface area contributed by atoms with Crippen LogP contribution >= 0.6 is 0 Å². The largest absolute Gasteiger partial charge is 0.355 e. The van der Waals surface area contributed by atoms with Crippen molar-refractivity contribution in [1.29, 1.82) is 0 Å². The summed E-state index contributed by atoms with van der Waals surface area (Å²) >= 11 is 0. The topological polar surface area (TPSA) is 84.2 Å². The monoisotopic (exact) mass is 303 g/mol. The van der Waals surface area contributed by atoms with Gasteiger partial charge in [0.1, 0.15) is 0 Å². The fourth-order valence-electron chi connectivity index (χ4n) is 2.96. The number of hydrogen-bond donors (Lipinski definition) is 3. The Kier molecular flexibility index (Phi) is 5.55. The summed E-state index contributed by atoms with van der Waals surface area (Å²) in [5.74, 6) is -0.290. The van der Waals surface area contributed by atoms with Crippen LogP contribution in [0.15, 0.2) is 30.3 Å². The molecule has 0 aromatic heterocycles. The first-order chi connectivity index (χ1) is 10.5. The molecule has 2 unspecified atom stereocenters. The smallest absolute Gasteiger partial charge is 0.226 e. The van der Waals surface area contributed by atoms with Crippen molar-refractivity contribution in [2.45, 2.75) is 44.6 Å². The van der Waals surface area contributed by atoms with Crippen LogP contribution in [0.1, 0.15) is 39.0 Å². The Balaban J connectivity index is 1.73. The Morgan fingerprint density at radius 3 is 2.68 bits per heavy atom. The first-order valence-electron chi connectivity index (χ1n) is 7.90. The second kappa shape index (κ2) is 7.40. The van der Waals surface area contributed by atoms with E-state index in [0.29, 0.717) is 6.54 Å². The molecule has 0 bridgehead atoms. The molecule has 0 saturated heterocycles. The molecule has 0 spiro atoms. The van der Waals surface area contributed by atoms with E-state index in [1.807, 2.05) is 37.3 Å². The molecule has 2 rings (SSSR count). The van der Waals surface area contributed by atoms with Gasteiger partial charge in [-0.2, -0.15) is 0 Å². The normalized spacial score (nSPS) is 24.5. The van der Waals surface area contributed by atoms with Crippen molar-refractivity contribution in [2.75, 3.05) is 11.9 Å². The van der Waals surface area contributed by atoms with Crippen LogP contribution in [0.2, 0.25) is 0 Å². The zero-order chi connectivity index (χ0) is 16.0. The molecule has 1 aromatic rings. The Bertz CT molecular complexity index is 514. The van der Waals surface area contributed by atoms with E-state index in [2.05, 4.69) is 10.6 Å². The van der Waals surface area contributed by atoms with Crippen molar-refractivity contribution in [3.63, 3.8) is 0 Å². The van der Waals surface area contributed by atoms with Gasteiger partial charge in [0, 0.05) is 24.2 Å². The number of hydrogen-bond acceptors (Lipinski definition) is 3. The maximum absolute atomic E-state index is 12.2. The third-order valence-corrected chi connectivity index (χ3v) is 4.28. The van der Waals surface area contributed by atoms with E-state index in [0.717, 1.165) is 31.4 Å². The van der Waals surface area contributed by atoms with Crippen LogP contribution in [0, 0.1) is 5.92 Å². The lowest BCUT2D eigenvalue weighted by atomic mass is 9.74. The van der Waals surface area contributed by atoms with Crippen LogP contribution in [0.3, 0.4) is 0 Å². The van der Waals surface area contributed by atoms with Gasteiger partial charge in [-0.05, 0) is 31.9 Å². The van der Waals surface area contributed by atoms with Crippen molar-refractivity contribution in [1.82, 2.24) is 5.32 Å². The van der Waals surface area contributed by atoms with Crippen molar-refractivity contribution in [3.05, 3.63) is 30.3 Å². The first kappa shape index (κ1) is 16.5. The van der Waals surface area contributed by atoms with Gasteiger partial charge in [-0.15, -0.1) is 0 Å². The number of nitrogens with one attached hydrogen (secondary N) is 2. The van der Waals surface area contributed by atoms with Crippen LogP contribution in [0.25, 0.3) is 0 Å². The number of rotatable bonds is 5. The highest BCUT2D eigenvalue weighted by Crippen LogP contribution is 2.31. The molecule has 0 aliphatic heterocycles. The summed E-state index contributed by atoms with van der Waals surface area (Å²) in [4.78, 5) is 24.0. The van der Waals surface area contributed by atoms with Crippen molar-refractivity contribution in [2.24, 2.45) is 11.7 Å². The van der Waals surface area contributed by atoms with E-state index in [1.165, 1.54) is 0 Å². The Morgan fingerprint density at radius 1 is 1.27 bits per heavy atom. The minimum Gasteiger partial charge on any atom is -0.355 e. The molecule has 0 heterocycles. The van der Waals surface area contributed by atoms with Crippen molar-refractivity contribution in [3.8, 4) is 0 Å². The third-order valence-electron chi connectivity index (χ3n) is 4.28. The van der Waals surface area contributed by atoms with E-state index >= 15 is 0 Å². The fourth-order valence-corrected chi connectivity index (χ4v) is 2.96. The number of para-hydroxylation sites is 1. The average Bonchev–Trinajstić information content (AvgIpc) is 2.47. The summed E-state index contributed by atoms with van der Waals surface area (Å²) in [6.07, 6.45) is 4.08. The molecule has 5 nitrogen and oxygen atoms in total. The van der Waals surface area contributed by atoms with Gasteiger partial charge in [0.15, 0.2) is 0 Å². The predicted octanol–water partition coefficient (Wildman–Crippen LogP) is 2.04. The predicted molar refractivity (Wildman–Crippen MR) is 87.2 cm³/mol. The highest BCUT2D eigenvalue weighted by molar-refractivity contribution is 5.91. The number of nitrogens with two attached hydrogens (primary N) is 1. The number of carbonyl (C=O) groups is 2. The second-order valence-electron chi connectivity index (χ2n) is 6.26. The number of amides is 2. The molecule has 120 valence electrons. The van der Waals surface area contributed by atoms with E-state index in [-0.39, 0.29) is 24.2 Å². The summed E-state index contributed by atoms with van der Waals surface area (Å²) < 4.78 is 0. The molecule has 2 amide bonds. The van der Waals surface area contributed by atoms with Crippen molar-refractivity contribution >= 4 is 17.5 Å². The lowest BCUT2D eigenvalue weighted by Gasteiger charge is -2.37. The minimum absolute atomic E-state index is 0.0304. The molecule has 0 radical (unpaired) electrons. The number of benzene rings is 1. The first-order valence-corrected chi connectivity index (χ1v) is 7.90. The van der Waals surface area contributed by atoms with Gasteiger partial charge >= 0.3 is 0 Å². The molecule has 1 aliphatic carbocycles. The van der Waals surface area contributed by atoms with Crippen LogP contribution in [-0.4, -0.2) is 23.9 Å². The van der Waals surface area contributed by atoms with Crippen molar-refractivity contribution < 1.29 is 9.59 Å². The van der Waals surface area contributed by atoms with Gasteiger partial charge in [0.25, 0.3) is 0 Å². The van der Waals surface area contributed by atoms with Gasteiger partial charge in [0.2, 0.25) is 11.8 Å². The highest BCUT2D eigenvalue weighted by atomic mass is 16.2. The van der Waals surface area contributed by atoms with E-state index in [1.54, 1.807) is 0 Å². The van der Waals surface area contributed by atoms with Gasteiger partial charge in [-0.3, -0.25) is 9.59 Å². The Hall–Kier alpha value is -1.88. The second-order valence-corrected chi connectivity index (χ2v) is 6.26. The van der Waals surface area contributed by atoms with E-state index in [4.69, 9.17) is 5.73 Å². The van der Waals surface area contributed by atoms with Gasteiger partial charge in [-0.25, -0.2) is 0 Å². The van der Waals surface area contributed by atoms with Gasteiger partial charge in [0.05, 0.1) is 5.92 Å². The summed E-state index contributed by atoms with van der Waals surface area (Å²) in [7, 11) is 0. The molecule has 1 saturated carbocycles. The summed E-state index contributed by atoms with van der Waals surface area (Å²) in [5, 5.41) is 5.64. The third kappa shape index (κ3) is 4.56. The quantitative estimate of drug-likeness (QED) is 0.778. The lowest BCUT2D eigenvalue weighted by Crippen LogP contribution is -2.53. The molecule has 1 aromatic carbocycles. The Morgan fingerprint density at radius 2 is 2.00 bits per heavy atom. The molecule has 4 N–H and O–H groups in total. The highest BCUT2D eigenvalue weighted by Gasteiger charge is 2.37. The maximum atomic E-state index is 12.2. The maximum Gasteiger partial charge on any atom is 0.226 e. The lowest BCUT2D eigenvalue weighted by molar-refractivity contribution is -0.128. The van der Waals surface area contributed by atoms with Crippen LogP contribution in [0.5, 0.6) is 0 Å². The minimum atomic E-state index is -0.436. The Labute approximate surface area is 131 Å². The zero-order valence-electron chi connectivity index (χ0n) is 13.1. The van der Waals surface area contributed by atoms with Crippen LogP contribution in [0.4, 0.5) is 5.69 Å². The standard InChI is InChI=1S/C17H25N3O2/c1-17(18)11-6-5-9-14(17)16(22)19-12-10-15(21)20-13-7-3-2-4-8-13/h2-4,7-8,14H,5-6,9-12,18H2,1H3,(H,19,22)(H,20,21). The summed E-state index contributed by atoms with van der Waals surface area (Å²) in [6.45, 7) is 2.28. The molecule has 5 heteroatoms. The molecular weight excluding hydrogens is 278 g/mol. The SMILES string of the molecule is CC1(N)CCCCC1C(=O)NCCC(=O)Nc1ccccc1. The molecule has 1 fully saturated rings. The molecular formula is C17H25N3O2. The number of carbonyl (C=O) groups excluding carboxylic acids is 2. The number of anilines is 1. The summed E-state index contributed by atoms with van der Waals surface area (Å²) in [6, 6.07) is 9.28. The van der Waals surface area contributed by atoms with Gasteiger partial charge in [-0.1, -0.05) is 31.0 Å². The fraction of sp³-hybridized carbons (Fsp3) is 0.529. The molecule has 1 aliphatic rings. The molecule has 22 heavy (non-hydrogen) atoms. The van der Waals surface area contributed by atoms with E-state index < -0.39 is 5.54 Å². The van der Waals surface area contributed by atoms with Gasteiger partial charge < -0.3 is 16.4 Å². The van der Waals surface area contributed by atoms with E-state index in [9.17, 15) is 9.59 Å². The average molecular weight is 303 g/mol. The summed E-state index contributed by atoms with van der Waals surface area (Å²) in [5.41, 5.74) is 6.55.